The molecule has 0 unspecified atom stereocenters. The number of hydrogen-bond acceptors (Lipinski definition) is 2. The van der Waals surface area contributed by atoms with Crippen LogP contribution in [0.3, 0.4) is 0 Å². The van der Waals surface area contributed by atoms with Crippen molar-refractivity contribution in [2.45, 2.75) is 26.7 Å². The molecule has 2 rings (SSSR count). The average molecular weight is 247 g/mol. The summed E-state index contributed by atoms with van der Waals surface area (Å²) in [4.78, 5) is 24.7. The van der Waals surface area contributed by atoms with Gasteiger partial charge in [0.1, 0.15) is 0 Å². The Morgan fingerprint density at radius 3 is 2.72 bits per heavy atom. The summed E-state index contributed by atoms with van der Waals surface area (Å²) in [7, 11) is 0. The van der Waals surface area contributed by atoms with E-state index in [0.717, 1.165) is 17.7 Å². The maximum atomic E-state index is 12.0. The lowest BCUT2D eigenvalue weighted by molar-refractivity contribution is -0.119. The highest BCUT2D eigenvalue weighted by atomic mass is 16.4. The maximum absolute atomic E-state index is 12.0. The molecule has 0 atom stereocenters. The van der Waals surface area contributed by atoms with Gasteiger partial charge in [-0.3, -0.25) is 4.79 Å². The van der Waals surface area contributed by atoms with Gasteiger partial charge in [0.15, 0.2) is 0 Å². The first-order valence-corrected chi connectivity index (χ1v) is 6.15. The highest BCUT2D eigenvalue weighted by Gasteiger charge is 2.25. The van der Waals surface area contributed by atoms with Crippen molar-refractivity contribution in [2.75, 3.05) is 11.4 Å². The molecule has 1 heterocycles. The van der Waals surface area contributed by atoms with Crippen LogP contribution in [0.1, 0.15) is 36.2 Å². The summed E-state index contributed by atoms with van der Waals surface area (Å²) in [5, 5.41) is 8.93. The first-order valence-electron chi connectivity index (χ1n) is 6.15. The van der Waals surface area contributed by atoms with Crippen molar-refractivity contribution in [1.29, 1.82) is 0 Å². The Hall–Kier alpha value is -1.84. The zero-order chi connectivity index (χ0) is 13.3. The van der Waals surface area contributed by atoms with Gasteiger partial charge < -0.3 is 10.0 Å². The lowest BCUT2D eigenvalue weighted by Gasteiger charge is -2.18. The van der Waals surface area contributed by atoms with E-state index >= 15 is 0 Å². The lowest BCUT2D eigenvalue weighted by Crippen LogP contribution is -2.29. The zero-order valence-electron chi connectivity index (χ0n) is 10.6. The summed E-state index contributed by atoms with van der Waals surface area (Å²) in [6, 6.07) is 4.96. The Morgan fingerprint density at radius 1 is 1.39 bits per heavy atom. The van der Waals surface area contributed by atoms with E-state index in [2.05, 4.69) is 0 Å². The SMILES string of the molecule is CC(C)CC(=O)N1CCc2cc(C(=O)O)ccc21. The van der Waals surface area contributed by atoms with Crippen molar-refractivity contribution in [2.24, 2.45) is 5.92 Å². The smallest absolute Gasteiger partial charge is 0.335 e. The van der Waals surface area contributed by atoms with E-state index in [4.69, 9.17) is 5.11 Å². The summed E-state index contributed by atoms with van der Waals surface area (Å²) in [6.07, 6.45) is 1.26. The fourth-order valence-electron chi connectivity index (χ4n) is 2.25. The minimum atomic E-state index is -0.926. The molecule has 0 fully saturated rings. The Bertz CT molecular complexity index is 494. The Labute approximate surface area is 106 Å². The third kappa shape index (κ3) is 2.37. The van der Waals surface area contributed by atoms with Crippen LogP contribution >= 0.6 is 0 Å². The van der Waals surface area contributed by atoms with Gasteiger partial charge in [0.2, 0.25) is 5.91 Å². The van der Waals surface area contributed by atoms with Crippen molar-refractivity contribution >= 4 is 17.6 Å². The first kappa shape index (κ1) is 12.6. The Kier molecular flexibility index (Phi) is 3.36. The molecule has 1 aliphatic rings. The van der Waals surface area contributed by atoms with Crippen LogP contribution in [0.2, 0.25) is 0 Å². The van der Waals surface area contributed by atoms with Gasteiger partial charge in [-0.2, -0.15) is 0 Å². The molecule has 96 valence electrons. The number of fused-ring (bicyclic) bond motifs is 1. The number of carboxylic acids is 1. The van der Waals surface area contributed by atoms with Crippen molar-refractivity contribution in [3.05, 3.63) is 29.3 Å². The number of amides is 1. The third-order valence-electron chi connectivity index (χ3n) is 3.11. The van der Waals surface area contributed by atoms with Gasteiger partial charge in [-0.1, -0.05) is 13.8 Å². The third-order valence-corrected chi connectivity index (χ3v) is 3.11. The highest BCUT2D eigenvalue weighted by Crippen LogP contribution is 2.29. The molecule has 1 aliphatic heterocycles. The van der Waals surface area contributed by atoms with Crippen LogP contribution in [0, 0.1) is 5.92 Å². The fourth-order valence-corrected chi connectivity index (χ4v) is 2.25. The molecular weight excluding hydrogens is 230 g/mol. The molecule has 0 saturated heterocycles. The van der Waals surface area contributed by atoms with Crippen LogP contribution < -0.4 is 4.90 Å². The molecule has 1 amide bonds. The number of hydrogen-bond donors (Lipinski definition) is 1. The van der Waals surface area contributed by atoms with E-state index in [1.807, 2.05) is 13.8 Å². The fraction of sp³-hybridized carbons (Fsp3) is 0.429. The van der Waals surface area contributed by atoms with Crippen molar-refractivity contribution in [1.82, 2.24) is 0 Å². The molecule has 0 aromatic heterocycles. The summed E-state index contributed by atoms with van der Waals surface area (Å²) in [6.45, 7) is 4.69. The van der Waals surface area contributed by atoms with Crippen molar-refractivity contribution in [3.63, 3.8) is 0 Å². The van der Waals surface area contributed by atoms with Crippen LogP contribution in [0.25, 0.3) is 0 Å². The van der Waals surface area contributed by atoms with E-state index in [9.17, 15) is 9.59 Å². The molecule has 0 radical (unpaired) electrons. The molecule has 18 heavy (non-hydrogen) atoms. The van der Waals surface area contributed by atoms with Gasteiger partial charge in [-0.25, -0.2) is 4.79 Å². The molecule has 0 saturated carbocycles. The number of nitrogens with zero attached hydrogens (tertiary/aromatic N) is 1. The van der Waals surface area contributed by atoms with E-state index in [1.165, 1.54) is 0 Å². The number of benzene rings is 1. The van der Waals surface area contributed by atoms with Gasteiger partial charge in [0.05, 0.1) is 5.56 Å². The Morgan fingerprint density at radius 2 is 2.11 bits per heavy atom. The van der Waals surface area contributed by atoms with Crippen molar-refractivity contribution in [3.8, 4) is 0 Å². The van der Waals surface area contributed by atoms with Crippen LogP contribution in [-0.4, -0.2) is 23.5 Å². The number of aromatic carboxylic acids is 1. The highest BCUT2D eigenvalue weighted by molar-refractivity contribution is 5.97. The van der Waals surface area contributed by atoms with Gasteiger partial charge in [0, 0.05) is 18.7 Å². The molecule has 4 nitrogen and oxygen atoms in total. The second-order valence-electron chi connectivity index (χ2n) is 5.04. The molecule has 1 aromatic carbocycles. The van der Waals surface area contributed by atoms with Crippen LogP contribution in [0.15, 0.2) is 18.2 Å². The summed E-state index contributed by atoms with van der Waals surface area (Å²) in [5.41, 5.74) is 2.10. The van der Waals surface area contributed by atoms with E-state index in [-0.39, 0.29) is 11.5 Å². The molecule has 0 spiro atoms. The number of carbonyl (C=O) groups excluding carboxylic acids is 1. The summed E-state index contributed by atoms with van der Waals surface area (Å²) >= 11 is 0. The largest absolute Gasteiger partial charge is 0.478 e. The van der Waals surface area contributed by atoms with Gasteiger partial charge in [0.25, 0.3) is 0 Å². The predicted octanol–water partition coefficient (Wildman–Crippen LogP) is 2.32. The Balaban J connectivity index is 2.24. The number of rotatable bonds is 3. The molecule has 1 N–H and O–H groups in total. The normalized spacial score (nSPS) is 13.8. The van der Waals surface area contributed by atoms with Crippen LogP contribution in [-0.2, 0) is 11.2 Å². The lowest BCUT2D eigenvalue weighted by atomic mass is 10.1. The van der Waals surface area contributed by atoms with E-state index in [1.54, 1.807) is 23.1 Å². The molecule has 4 heteroatoms. The van der Waals surface area contributed by atoms with E-state index < -0.39 is 5.97 Å². The average Bonchev–Trinajstić information content (AvgIpc) is 2.70. The maximum Gasteiger partial charge on any atom is 0.335 e. The topological polar surface area (TPSA) is 57.6 Å². The molecule has 1 aromatic rings. The summed E-state index contributed by atoms with van der Waals surface area (Å²) in [5.74, 6) is -0.476. The molecule has 0 bridgehead atoms. The second kappa shape index (κ2) is 4.80. The number of carboxylic acid groups (broad SMARTS) is 1. The monoisotopic (exact) mass is 247 g/mol. The van der Waals surface area contributed by atoms with Crippen LogP contribution in [0.5, 0.6) is 0 Å². The summed E-state index contributed by atoms with van der Waals surface area (Å²) < 4.78 is 0. The van der Waals surface area contributed by atoms with Gasteiger partial charge >= 0.3 is 5.97 Å². The second-order valence-corrected chi connectivity index (χ2v) is 5.04. The number of carbonyl (C=O) groups is 2. The predicted molar refractivity (Wildman–Crippen MR) is 68.9 cm³/mol. The minimum Gasteiger partial charge on any atom is -0.478 e. The quantitative estimate of drug-likeness (QED) is 0.891. The van der Waals surface area contributed by atoms with E-state index in [0.29, 0.717) is 18.9 Å². The zero-order valence-corrected chi connectivity index (χ0v) is 10.6. The van der Waals surface area contributed by atoms with Gasteiger partial charge in [-0.15, -0.1) is 0 Å². The van der Waals surface area contributed by atoms with Gasteiger partial charge in [-0.05, 0) is 36.1 Å². The minimum absolute atomic E-state index is 0.117. The number of anilines is 1. The standard InChI is InChI=1S/C14H17NO3/c1-9(2)7-13(16)15-6-5-10-8-11(14(17)18)3-4-12(10)15/h3-4,8-9H,5-7H2,1-2H3,(H,17,18). The van der Waals surface area contributed by atoms with Crippen molar-refractivity contribution < 1.29 is 14.7 Å². The molecular formula is C14H17NO3. The molecule has 0 aliphatic carbocycles. The first-order chi connectivity index (χ1) is 8.49. The van der Waals surface area contributed by atoms with Crippen LogP contribution in [0.4, 0.5) is 5.69 Å².